The van der Waals surface area contributed by atoms with Gasteiger partial charge in [-0.1, -0.05) is 35.9 Å². The van der Waals surface area contributed by atoms with Crippen LogP contribution in [-0.2, 0) is 21.8 Å². The number of fused-ring (bicyclic) bond motifs is 2. The average molecular weight is 705 g/mol. The fourth-order valence-corrected chi connectivity index (χ4v) is 4.70. The van der Waals surface area contributed by atoms with Crippen LogP contribution in [0.25, 0.3) is 33.8 Å². The van der Waals surface area contributed by atoms with Gasteiger partial charge in [0.05, 0.1) is 48.1 Å². The van der Waals surface area contributed by atoms with E-state index < -0.39 is 35.4 Å². The Hall–Kier alpha value is -5.51. The SMILES string of the molecule is CCOC(=O)c1cc(Cl)nn2cc(-c3ccc(C(F)(F)F)cc3)nc12.CCOC(=O)c1ccnn2cc(-c3ccc(C(F)(F)F)cc3)nc12. The van der Waals surface area contributed by atoms with Gasteiger partial charge in [-0.25, -0.2) is 28.6 Å². The molecule has 254 valence electrons. The largest absolute Gasteiger partial charge is 0.462 e. The summed E-state index contributed by atoms with van der Waals surface area (Å²) in [5.41, 5.74) is 1.07. The highest BCUT2D eigenvalue weighted by Gasteiger charge is 2.31. The molecule has 0 saturated heterocycles. The molecule has 49 heavy (non-hydrogen) atoms. The summed E-state index contributed by atoms with van der Waals surface area (Å²) in [6.45, 7) is 3.75. The highest BCUT2D eigenvalue weighted by atomic mass is 35.5. The molecule has 0 bridgehead atoms. The van der Waals surface area contributed by atoms with Crippen LogP contribution in [0.5, 0.6) is 0 Å². The molecule has 0 aliphatic rings. The first-order chi connectivity index (χ1) is 23.2. The maximum atomic E-state index is 12.7. The van der Waals surface area contributed by atoms with Gasteiger partial charge >= 0.3 is 24.3 Å². The number of benzene rings is 2. The van der Waals surface area contributed by atoms with E-state index in [0.29, 0.717) is 22.5 Å². The van der Waals surface area contributed by atoms with Crippen LogP contribution in [-0.4, -0.2) is 54.3 Å². The van der Waals surface area contributed by atoms with Gasteiger partial charge in [-0.05, 0) is 50.2 Å². The number of hydrogen-bond acceptors (Lipinski definition) is 8. The molecule has 6 aromatic rings. The summed E-state index contributed by atoms with van der Waals surface area (Å²) in [7, 11) is 0. The molecule has 4 aromatic heterocycles. The Morgan fingerprint density at radius 3 is 1.61 bits per heavy atom. The van der Waals surface area contributed by atoms with E-state index in [1.54, 1.807) is 20.0 Å². The van der Waals surface area contributed by atoms with Gasteiger partial charge in [0, 0.05) is 17.3 Å². The third kappa shape index (κ3) is 7.80. The van der Waals surface area contributed by atoms with Crippen LogP contribution in [0.1, 0.15) is 45.7 Å². The highest BCUT2D eigenvalue weighted by molar-refractivity contribution is 6.29. The molecule has 0 saturated carbocycles. The Balaban J connectivity index is 0.000000191. The minimum atomic E-state index is -4.41. The summed E-state index contributed by atoms with van der Waals surface area (Å²) in [6.07, 6.45) is -4.36. The Labute approximate surface area is 277 Å². The lowest BCUT2D eigenvalue weighted by atomic mass is 10.1. The number of nitrogens with zero attached hydrogens (tertiary/aromatic N) is 6. The monoisotopic (exact) mass is 704 g/mol. The van der Waals surface area contributed by atoms with Crippen molar-refractivity contribution in [3.8, 4) is 22.5 Å². The number of hydrogen-bond donors (Lipinski definition) is 0. The van der Waals surface area contributed by atoms with Gasteiger partial charge in [-0.15, -0.1) is 0 Å². The van der Waals surface area contributed by atoms with Crippen molar-refractivity contribution in [2.75, 3.05) is 13.2 Å². The number of carbonyl (C=O) groups excluding carboxylic acids is 2. The molecule has 0 amide bonds. The smallest absolute Gasteiger partial charge is 0.416 e. The molecule has 0 fully saturated rings. The van der Waals surface area contributed by atoms with Gasteiger partial charge in [-0.2, -0.15) is 36.5 Å². The summed E-state index contributed by atoms with van der Waals surface area (Å²) in [5, 5.41) is 8.13. The topological polar surface area (TPSA) is 113 Å². The Morgan fingerprint density at radius 1 is 0.694 bits per heavy atom. The van der Waals surface area contributed by atoms with Crippen molar-refractivity contribution in [3.05, 3.63) is 107 Å². The van der Waals surface area contributed by atoms with Gasteiger partial charge in [0.2, 0.25) is 0 Å². The molecule has 0 aliphatic carbocycles. The highest BCUT2D eigenvalue weighted by Crippen LogP contribution is 2.32. The van der Waals surface area contributed by atoms with Crippen molar-refractivity contribution in [2.45, 2.75) is 26.2 Å². The minimum absolute atomic E-state index is 0.0620. The van der Waals surface area contributed by atoms with Crippen LogP contribution in [0.2, 0.25) is 5.15 Å². The number of esters is 2. The van der Waals surface area contributed by atoms with E-state index >= 15 is 0 Å². The van der Waals surface area contributed by atoms with Crippen molar-refractivity contribution >= 4 is 34.8 Å². The van der Waals surface area contributed by atoms with E-state index in [0.717, 1.165) is 24.3 Å². The van der Waals surface area contributed by atoms with Crippen LogP contribution >= 0.6 is 11.6 Å². The minimum Gasteiger partial charge on any atom is -0.462 e. The predicted molar refractivity (Wildman–Crippen MR) is 164 cm³/mol. The van der Waals surface area contributed by atoms with Crippen LogP contribution in [0.3, 0.4) is 0 Å². The number of imidazole rings is 2. The lowest BCUT2D eigenvalue weighted by molar-refractivity contribution is -0.138. The van der Waals surface area contributed by atoms with E-state index in [1.165, 1.54) is 57.8 Å². The number of carbonyl (C=O) groups is 2. The molecule has 0 spiro atoms. The zero-order valence-corrected chi connectivity index (χ0v) is 26.1. The standard InChI is InChI=1S/C16H11ClF3N3O2.C16H12F3N3O2/c1-2-25-15(24)11-7-13(17)22-23-8-12(21-14(11)23)9-3-5-10(6-4-9)16(18,19)20;1-2-24-15(23)12-7-8-20-22-9-13(21-14(12)22)10-3-5-11(6-4-10)16(17,18)19/h3-8H,2H2,1H3;3-9H,2H2,1H3. The molecule has 0 unspecified atom stereocenters. The van der Waals surface area contributed by atoms with Crippen LogP contribution in [0.15, 0.2) is 79.3 Å². The van der Waals surface area contributed by atoms with Gasteiger partial charge < -0.3 is 9.47 Å². The molecular formula is C32H23ClF6N6O4. The van der Waals surface area contributed by atoms with Gasteiger partial charge in [0.25, 0.3) is 0 Å². The van der Waals surface area contributed by atoms with Crippen LogP contribution < -0.4 is 0 Å². The molecule has 4 heterocycles. The zero-order valence-electron chi connectivity index (χ0n) is 25.4. The lowest BCUT2D eigenvalue weighted by Gasteiger charge is -2.06. The van der Waals surface area contributed by atoms with Gasteiger partial charge in [-0.3, -0.25) is 0 Å². The van der Waals surface area contributed by atoms with Crippen molar-refractivity contribution < 1.29 is 45.4 Å². The maximum absolute atomic E-state index is 12.7. The van der Waals surface area contributed by atoms with E-state index in [-0.39, 0.29) is 40.8 Å². The number of rotatable bonds is 6. The van der Waals surface area contributed by atoms with E-state index in [1.807, 2.05) is 0 Å². The molecule has 10 nitrogen and oxygen atoms in total. The lowest BCUT2D eigenvalue weighted by Crippen LogP contribution is -2.08. The van der Waals surface area contributed by atoms with E-state index in [9.17, 15) is 35.9 Å². The molecule has 0 radical (unpaired) electrons. The zero-order chi connectivity index (χ0) is 35.5. The predicted octanol–water partition coefficient (Wildman–Crippen LogP) is 7.84. The molecule has 6 rings (SSSR count). The molecule has 17 heteroatoms. The maximum Gasteiger partial charge on any atom is 0.416 e. The molecule has 0 atom stereocenters. The Kier molecular flexibility index (Phi) is 9.89. The summed E-state index contributed by atoms with van der Waals surface area (Å²) in [6, 6.07) is 12.0. The third-order valence-electron chi connectivity index (χ3n) is 6.76. The second-order valence-corrected chi connectivity index (χ2v) is 10.4. The number of halogens is 7. The van der Waals surface area contributed by atoms with E-state index in [2.05, 4.69) is 20.2 Å². The van der Waals surface area contributed by atoms with E-state index in [4.69, 9.17) is 21.1 Å². The number of ether oxygens (including phenoxy) is 2. The second kappa shape index (κ2) is 13.9. The first kappa shape index (κ1) is 34.8. The fraction of sp³-hybridized carbons (Fsp3) is 0.188. The van der Waals surface area contributed by atoms with Crippen molar-refractivity contribution in [1.82, 2.24) is 29.2 Å². The molecule has 0 aliphatic heterocycles. The summed E-state index contributed by atoms with van der Waals surface area (Å²) < 4.78 is 88.4. The summed E-state index contributed by atoms with van der Waals surface area (Å²) in [4.78, 5) is 32.5. The van der Waals surface area contributed by atoms with Gasteiger partial charge in [0.1, 0.15) is 11.1 Å². The molecular weight excluding hydrogens is 682 g/mol. The van der Waals surface area contributed by atoms with Crippen LogP contribution in [0.4, 0.5) is 26.3 Å². The average Bonchev–Trinajstić information content (AvgIpc) is 3.69. The fourth-order valence-electron chi connectivity index (χ4n) is 4.51. The molecule has 2 aromatic carbocycles. The van der Waals surface area contributed by atoms with Crippen molar-refractivity contribution in [3.63, 3.8) is 0 Å². The normalized spacial score (nSPS) is 11.7. The van der Waals surface area contributed by atoms with Gasteiger partial charge in [0.15, 0.2) is 16.4 Å². The number of aromatic nitrogens is 6. The summed E-state index contributed by atoms with van der Waals surface area (Å²) >= 11 is 5.90. The third-order valence-corrected chi connectivity index (χ3v) is 6.95. The van der Waals surface area contributed by atoms with Crippen LogP contribution in [0, 0.1) is 0 Å². The molecule has 0 N–H and O–H groups in total. The number of alkyl halides is 6. The summed E-state index contributed by atoms with van der Waals surface area (Å²) in [5.74, 6) is -1.14. The second-order valence-electron chi connectivity index (χ2n) is 10.0. The van der Waals surface area contributed by atoms with Crippen molar-refractivity contribution in [2.24, 2.45) is 0 Å². The quantitative estimate of drug-likeness (QED) is 0.127. The Morgan fingerprint density at radius 2 is 1.14 bits per heavy atom. The first-order valence-corrected chi connectivity index (χ1v) is 14.7. The first-order valence-electron chi connectivity index (χ1n) is 14.3. The van der Waals surface area contributed by atoms with Crippen molar-refractivity contribution in [1.29, 1.82) is 0 Å². The Bertz CT molecular complexity index is 2130.